The van der Waals surface area contributed by atoms with Gasteiger partial charge in [0.15, 0.2) is 5.60 Å². The summed E-state index contributed by atoms with van der Waals surface area (Å²) in [4.78, 5) is 30.5. The largest absolute Gasteiger partial charge is 0.481 e. The third kappa shape index (κ3) is 7.59. The lowest BCUT2D eigenvalue weighted by molar-refractivity contribution is -0.170. The Hall–Kier alpha value is -2.53. The van der Waals surface area contributed by atoms with Crippen LogP contribution >= 0.6 is 0 Å². The van der Waals surface area contributed by atoms with Gasteiger partial charge in [-0.3, -0.25) is 9.59 Å². The van der Waals surface area contributed by atoms with Crippen molar-refractivity contribution in [3.8, 4) is 0 Å². The van der Waals surface area contributed by atoms with Crippen molar-refractivity contribution in [2.45, 2.75) is 56.0 Å². The van der Waals surface area contributed by atoms with E-state index in [1.807, 2.05) is 0 Å². The quantitative estimate of drug-likeness (QED) is 0.351. The number of benzene rings is 1. The third-order valence-electron chi connectivity index (χ3n) is 5.19. The number of hydrogen-bond acceptors (Lipinski definition) is 7. The van der Waals surface area contributed by atoms with Crippen LogP contribution in [0.4, 0.5) is 0 Å². The molecule has 0 bridgehead atoms. The summed E-state index contributed by atoms with van der Waals surface area (Å²) in [6.45, 7) is 2.78. The van der Waals surface area contributed by atoms with E-state index in [1.165, 1.54) is 16.7 Å². The Morgan fingerprint density at radius 2 is 1.19 bits per heavy atom. The van der Waals surface area contributed by atoms with Crippen LogP contribution in [0.1, 0.15) is 29.5 Å². The molecule has 3 aliphatic rings. The van der Waals surface area contributed by atoms with Crippen LogP contribution in [0.5, 0.6) is 0 Å². The molecule has 170 valence electrons. The lowest BCUT2D eigenvalue weighted by atomic mass is 9.92. The average Bonchev–Trinajstić information content (AvgIpc) is 3.48. The second-order valence-electron chi connectivity index (χ2n) is 8.01. The Bertz CT molecular complexity index is 775. The van der Waals surface area contributed by atoms with E-state index >= 15 is 0 Å². The highest BCUT2D eigenvalue weighted by atomic mass is 16.6. The highest BCUT2D eigenvalue weighted by molar-refractivity contribution is 5.88. The van der Waals surface area contributed by atoms with Crippen LogP contribution in [-0.2, 0) is 47.9 Å². The van der Waals surface area contributed by atoms with E-state index in [4.69, 9.17) is 34.6 Å². The van der Waals surface area contributed by atoms with E-state index in [1.54, 1.807) is 0 Å². The van der Waals surface area contributed by atoms with Gasteiger partial charge in [-0.1, -0.05) is 18.2 Å². The number of carboxylic acids is 3. The minimum Gasteiger partial charge on any atom is -0.481 e. The zero-order chi connectivity index (χ0) is 22.6. The van der Waals surface area contributed by atoms with Gasteiger partial charge in [0.05, 0.1) is 51.0 Å². The van der Waals surface area contributed by atoms with Crippen molar-refractivity contribution in [1.82, 2.24) is 0 Å². The minimum absolute atomic E-state index is 0.449. The fourth-order valence-electron chi connectivity index (χ4n) is 3.32. The fourth-order valence-corrected chi connectivity index (χ4v) is 3.32. The van der Waals surface area contributed by atoms with Gasteiger partial charge in [-0.2, -0.15) is 0 Å². The molecular weight excluding hydrogens is 412 g/mol. The molecule has 0 aliphatic carbocycles. The molecule has 4 N–H and O–H groups in total. The summed E-state index contributed by atoms with van der Waals surface area (Å²) >= 11 is 0. The Kier molecular flexibility index (Phi) is 7.26. The van der Waals surface area contributed by atoms with Gasteiger partial charge < -0.3 is 34.6 Å². The molecule has 3 saturated heterocycles. The van der Waals surface area contributed by atoms with Gasteiger partial charge in [-0.15, -0.1) is 0 Å². The molecule has 0 saturated carbocycles. The van der Waals surface area contributed by atoms with Gasteiger partial charge >= 0.3 is 17.9 Å². The molecular formula is C21H26O10. The maximum Gasteiger partial charge on any atom is 0.336 e. The molecule has 0 spiro atoms. The molecule has 10 nitrogen and oxygen atoms in total. The van der Waals surface area contributed by atoms with Gasteiger partial charge in [0.2, 0.25) is 0 Å². The van der Waals surface area contributed by atoms with Crippen molar-refractivity contribution >= 4 is 17.9 Å². The summed E-state index contributed by atoms with van der Waals surface area (Å²) in [6, 6.07) is 6.67. The van der Waals surface area contributed by atoms with Crippen LogP contribution in [0.15, 0.2) is 18.2 Å². The smallest absolute Gasteiger partial charge is 0.336 e. The SMILES string of the molecule is O=C(O)CC(O)(CC(=O)O)C(=O)O.c1cc(CC2CO2)c(CC2CO2)c(CC2CO2)c1. The first-order valence-corrected chi connectivity index (χ1v) is 10.00. The summed E-state index contributed by atoms with van der Waals surface area (Å²) in [7, 11) is 0. The number of hydrogen-bond donors (Lipinski definition) is 4. The maximum absolute atomic E-state index is 10.3. The molecule has 1 aromatic rings. The molecule has 3 heterocycles. The zero-order valence-electron chi connectivity index (χ0n) is 16.9. The topological polar surface area (TPSA) is 170 Å². The maximum atomic E-state index is 10.3. The van der Waals surface area contributed by atoms with E-state index in [0.29, 0.717) is 18.3 Å². The molecule has 3 unspecified atom stereocenters. The monoisotopic (exact) mass is 438 g/mol. The Balaban J connectivity index is 0.000000188. The van der Waals surface area contributed by atoms with Gasteiger partial charge in [-0.25, -0.2) is 4.79 Å². The third-order valence-corrected chi connectivity index (χ3v) is 5.19. The van der Waals surface area contributed by atoms with E-state index in [2.05, 4.69) is 18.2 Å². The van der Waals surface area contributed by atoms with Crippen LogP contribution in [0, 0.1) is 0 Å². The van der Waals surface area contributed by atoms with Gasteiger partial charge in [0, 0.05) is 19.3 Å². The van der Waals surface area contributed by atoms with E-state index < -0.39 is 36.4 Å². The highest BCUT2D eigenvalue weighted by Gasteiger charge is 2.40. The van der Waals surface area contributed by atoms with E-state index in [-0.39, 0.29) is 0 Å². The molecule has 31 heavy (non-hydrogen) atoms. The molecule has 3 fully saturated rings. The van der Waals surface area contributed by atoms with E-state index in [9.17, 15) is 14.4 Å². The van der Waals surface area contributed by atoms with Gasteiger partial charge in [0.1, 0.15) is 0 Å². The van der Waals surface area contributed by atoms with Crippen molar-refractivity contribution in [3.63, 3.8) is 0 Å². The average molecular weight is 438 g/mol. The Labute approximate surface area is 178 Å². The standard InChI is InChI=1S/C15H18O3.C6H8O7/c1-2-10(4-12-7-16-12)15(6-14-9-18-14)11(3-1)5-13-8-17-13;7-3(8)1-6(13,5(11)12)2-4(9)10/h1-3,12-14H,4-9H2;13H,1-2H2,(H,7,8)(H,9,10)(H,11,12). The van der Waals surface area contributed by atoms with Crippen molar-refractivity contribution in [2.75, 3.05) is 19.8 Å². The van der Waals surface area contributed by atoms with Gasteiger partial charge in [-0.05, 0) is 16.7 Å². The number of rotatable bonds is 11. The first kappa shape index (κ1) is 23.1. The van der Waals surface area contributed by atoms with Crippen LogP contribution < -0.4 is 0 Å². The molecule has 10 heteroatoms. The predicted octanol–water partition coefficient (Wildman–Crippen LogP) is 0.262. The van der Waals surface area contributed by atoms with Crippen molar-refractivity contribution < 1.29 is 49.0 Å². The predicted molar refractivity (Wildman–Crippen MR) is 104 cm³/mol. The number of aliphatic carboxylic acids is 3. The van der Waals surface area contributed by atoms with Crippen molar-refractivity contribution in [3.05, 3.63) is 34.9 Å². The molecule has 3 atom stereocenters. The van der Waals surface area contributed by atoms with Crippen LogP contribution in [0.2, 0.25) is 0 Å². The molecule has 4 rings (SSSR count). The number of aliphatic hydroxyl groups is 1. The number of carbonyl (C=O) groups is 3. The lowest BCUT2D eigenvalue weighted by Gasteiger charge is -2.18. The van der Waals surface area contributed by atoms with E-state index in [0.717, 1.165) is 39.1 Å². The molecule has 0 amide bonds. The van der Waals surface area contributed by atoms with Crippen molar-refractivity contribution in [1.29, 1.82) is 0 Å². The number of carboxylic acid groups (broad SMARTS) is 3. The molecule has 0 aromatic heterocycles. The number of epoxide rings is 3. The highest BCUT2D eigenvalue weighted by Crippen LogP contribution is 2.28. The van der Waals surface area contributed by atoms with Crippen LogP contribution in [0.3, 0.4) is 0 Å². The summed E-state index contributed by atoms with van der Waals surface area (Å²) in [5.41, 5.74) is 1.65. The number of ether oxygens (including phenoxy) is 3. The zero-order valence-corrected chi connectivity index (χ0v) is 16.9. The summed E-state index contributed by atoms with van der Waals surface area (Å²) < 4.78 is 16.1. The molecule has 0 radical (unpaired) electrons. The Morgan fingerprint density at radius 1 is 0.806 bits per heavy atom. The second kappa shape index (κ2) is 9.73. The first-order chi connectivity index (χ1) is 14.7. The Morgan fingerprint density at radius 3 is 1.52 bits per heavy atom. The lowest BCUT2D eigenvalue weighted by Crippen LogP contribution is -2.42. The molecule has 3 aliphatic heterocycles. The molecule has 1 aromatic carbocycles. The summed E-state index contributed by atoms with van der Waals surface area (Å²) in [5, 5.41) is 33.8. The summed E-state index contributed by atoms with van der Waals surface area (Å²) in [6.07, 6.45) is 2.24. The minimum atomic E-state index is -2.74. The first-order valence-electron chi connectivity index (χ1n) is 10.00. The fraction of sp³-hybridized carbons (Fsp3) is 0.571. The van der Waals surface area contributed by atoms with Crippen molar-refractivity contribution in [2.24, 2.45) is 0 Å². The summed E-state index contributed by atoms with van der Waals surface area (Å²) in [5.74, 6) is -5.02. The normalized spacial score (nSPS) is 23.3. The van der Waals surface area contributed by atoms with Crippen LogP contribution in [-0.4, -0.2) is 82.1 Å². The van der Waals surface area contributed by atoms with Gasteiger partial charge in [0.25, 0.3) is 0 Å². The van der Waals surface area contributed by atoms with Crippen LogP contribution in [0.25, 0.3) is 0 Å². The second-order valence-corrected chi connectivity index (χ2v) is 8.01.